The summed E-state index contributed by atoms with van der Waals surface area (Å²) in [6, 6.07) is 1.78. The lowest BCUT2D eigenvalue weighted by molar-refractivity contribution is 0.232. The van der Waals surface area contributed by atoms with Crippen LogP contribution < -0.4 is 16.0 Å². The molecule has 3 heterocycles. The zero-order valence-corrected chi connectivity index (χ0v) is 15.9. The monoisotopic (exact) mass is 376 g/mol. The molecule has 3 aromatic rings. The van der Waals surface area contributed by atoms with Crippen molar-refractivity contribution in [3.8, 4) is 10.7 Å². The van der Waals surface area contributed by atoms with Crippen LogP contribution in [0.15, 0.2) is 23.0 Å². The Labute approximate surface area is 153 Å². The second-order valence-corrected chi connectivity index (χ2v) is 8.24. The van der Waals surface area contributed by atoms with Gasteiger partial charge in [-0.25, -0.2) is 19.7 Å². The normalized spacial score (nSPS) is 11.5. The molecular weight excluding hydrogens is 356 g/mol. The van der Waals surface area contributed by atoms with Crippen LogP contribution in [-0.4, -0.2) is 39.6 Å². The first-order valence-corrected chi connectivity index (χ1v) is 9.63. The summed E-state index contributed by atoms with van der Waals surface area (Å²) in [6.45, 7) is 6.82. The number of fused-ring (bicyclic) bond motifs is 1. The molecule has 0 radical (unpaired) electrons. The van der Waals surface area contributed by atoms with Gasteiger partial charge in [0.05, 0.1) is 10.2 Å². The molecule has 132 valence electrons. The van der Waals surface area contributed by atoms with Crippen molar-refractivity contribution in [2.24, 2.45) is 0 Å². The van der Waals surface area contributed by atoms with Crippen molar-refractivity contribution in [3.05, 3.63) is 23.0 Å². The van der Waals surface area contributed by atoms with Crippen molar-refractivity contribution < 1.29 is 4.79 Å². The van der Waals surface area contributed by atoms with Crippen molar-refractivity contribution in [1.82, 2.24) is 25.6 Å². The minimum Gasteiger partial charge on any atom is -0.352 e. The average Bonchev–Trinajstić information content (AvgIpc) is 3.20. The number of amides is 2. The molecular formula is C16H20N6OS2. The van der Waals surface area contributed by atoms with Gasteiger partial charge in [-0.2, -0.15) is 0 Å². The first kappa shape index (κ1) is 17.6. The Kier molecular flexibility index (Phi) is 5.14. The van der Waals surface area contributed by atoms with E-state index >= 15 is 0 Å². The third-order valence-corrected chi connectivity index (χ3v) is 4.81. The summed E-state index contributed by atoms with van der Waals surface area (Å²) in [4.78, 5) is 25.2. The van der Waals surface area contributed by atoms with Crippen molar-refractivity contribution in [1.29, 1.82) is 0 Å². The Bertz CT molecular complexity index is 853. The van der Waals surface area contributed by atoms with Crippen molar-refractivity contribution in [3.63, 3.8) is 0 Å². The molecule has 3 N–H and O–H groups in total. The average molecular weight is 377 g/mol. The number of anilines is 1. The van der Waals surface area contributed by atoms with E-state index in [2.05, 4.69) is 30.9 Å². The van der Waals surface area contributed by atoms with Gasteiger partial charge in [-0.1, -0.05) is 0 Å². The minimum absolute atomic E-state index is 0.188. The van der Waals surface area contributed by atoms with Gasteiger partial charge in [-0.3, -0.25) is 0 Å². The van der Waals surface area contributed by atoms with Gasteiger partial charge in [0.25, 0.3) is 0 Å². The number of thiazole rings is 1. The molecule has 0 fully saturated rings. The fraction of sp³-hybridized carbons (Fsp3) is 0.375. The van der Waals surface area contributed by atoms with Gasteiger partial charge in [0, 0.05) is 30.2 Å². The fourth-order valence-electron chi connectivity index (χ4n) is 2.16. The standard InChI is InChI=1S/C16H20N6OS2/c1-16(2,3)22-15(23)19-6-5-18-14-20-10-4-8-24-12(10)11(21-14)13-17-7-9-25-13/h4,7-9H,5-6H2,1-3H3,(H,18,20,21)(H2,19,22,23). The second-order valence-electron chi connectivity index (χ2n) is 6.43. The third kappa shape index (κ3) is 4.64. The number of carbonyl (C=O) groups is 1. The van der Waals surface area contributed by atoms with Gasteiger partial charge in [0.2, 0.25) is 5.95 Å². The second kappa shape index (κ2) is 7.32. The van der Waals surface area contributed by atoms with Crippen LogP contribution in [0, 0.1) is 0 Å². The number of aromatic nitrogens is 3. The third-order valence-electron chi connectivity index (χ3n) is 3.12. The van der Waals surface area contributed by atoms with E-state index in [0.29, 0.717) is 19.0 Å². The van der Waals surface area contributed by atoms with Gasteiger partial charge in [-0.15, -0.1) is 22.7 Å². The Morgan fingerprint density at radius 2 is 2.00 bits per heavy atom. The van der Waals surface area contributed by atoms with Crippen LogP contribution in [0.2, 0.25) is 0 Å². The number of carbonyl (C=O) groups excluding carboxylic acids is 1. The Balaban J connectivity index is 1.64. The molecule has 0 aromatic carbocycles. The smallest absolute Gasteiger partial charge is 0.315 e. The van der Waals surface area contributed by atoms with E-state index in [4.69, 9.17) is 0 Å². The molecule has 0 aliphatic rings. The quantitative estimate of drug-likeness (QED) is 0.594. The molecule has 3 rings (SSSR count). The van der Waals surface area contributed by atoms with Gasteiger partial charge in [-0.05, 0) is 32.2 Å². The van der Waals surface area contributed by atoms with Crippen LogP contribution >= 0.6 is 22.7 Å². The maximum absolute atomic E-state index is 11.7. The number of nitrogens with zero attached hydrogens (tertiary/aromatic N) is 3. The molecule has 25 heavy (non-hydrogen) atoms. The molecule has 0 unspecified atom stereocenters. The van der Waals surface area contributed by atoms with Gasteiger partial charge < -0.3 is 16.0 Å². The van der Waals surface area contributed by atoms with Gasteiger partial charge >= 0.3 is 6.03 Å². The highest BCUT2D eigenvalue weighted by atomic mass is 32.1. The molecule has 9 heteroatoms. The first-order chi connectivity index (χ1) is 11.9. The molecule has 7 nitrogen and oxygen atoms in total. The topological polar surface area (TPSA) is 91.8 Å². The molecule has 0 aliphatic carbocycles. The highest BCUT2D eigenvalue weighted by molar-refractivity contribution is 7.18. The molecule has 0 aliphatic heterocycles. The van der Waals surface area contributed by atoms with E-state index in [1.165, 1.54) is 0 Å². The molecule has 0 saturated carbocycles. The summed E-state index contributed by atoms with van der Waals surface area (Å²) in [5, 5.41) is 13.6. The molecule has 0 saturated heterocycles. The summed E-state index contributed by atoms with van der Waals surface area (Å²) in [6.07, 6.45) is 1.77. The van der Waals surface area contributed by atoms with Crippen molar-refractivity contribution in [2.75, 3.05) is 18.4 Å². The predicted molar refractivity (Wildman–Crippen MR) is 103 cm³/mol. The predicted octanol–water partition coefficient (Wildman–Crippen LogP) is 3.32. The molecule has 3 aromatic heterocycles. The van der Waals surface area contributed by atoms with E-state index in [-0.39, 0.29) is 11.6 Å². The summed E-state index contributed by atoms with van der Waals surface area (Å²) in [7, 11) is 0. The van der Waals surface area contributed by atoms with Crippen LogP contribution in [0.25, 0.3) is 20.9 Å². The Morgan fingerprint density at radius 1 is 1.16 bits per heavy atom. The lowest BCUT2D eigenvalue weighted by Gasteiger charge is -2.20. The van der Waals surface area contributed by atoms with Crippen LogP contribution in [0.5, 0.6) is 0 Å². The maximum Gasteiger partial charge on any atom is 0.315 e. The lowest BCUT2D eigenvalue weighted by atomic mass is 10.1. The largest absolute Gasteiger partial charge is 0.352 e. The van der Waals surface area contributed by atoms with Crippen LogP contribution in [0.1, 0.15) is 20.8 Å². The number of thiophene rings is 1. The first-order valence-electron chi connectivity index (χ1n) is 7.87. The number of urea groups is 1. The van der Waals surface area contributed by atoms with E-state index in [9.17, 15) is 4.79 Å². The lowest BCUT2D eigenvalue weighted by Crippen LogP contribution is -2.47. The Morgan fingerprint density at radius 3 is 2.72 bits per heavy atom. The zero-order chi connectivity index (χ0) is 17.9. The Hall–Kier alpha value is -2.26. The minimum atomic E-state index is -0.257. The van der Waals surface area contributed by atoms with Crippen LogP contribution in [-0.2, 0) is 0 Å². The van der Waals surface area contributed by atoms with E-state index in [0.717, 1.165) is 20.9 Å². The van der Waals surface area contributed by atoms with Crippen molar-refractivity contribution >= 4 is 44.9 Å². The van der Waals surface area contributed by atoms with Gasteiger partial charge in [0.1, 0.15) is 10.7 Å². The number of hydrogen-bond acceptors (Lipinski definition) is 7. The van der Waals surface area contributed by atoms with Crippen molar-refractivity contribution in [2.45, 2.75) is 26.3 Å². The molecule has 2 amide bonds. The van der Waals surface area contributed by atoms with E-state index in [1.807, 2.05) is 37.6 Å². The summed E-state index contributed by atoms with van der Waals surface area (Å²) >= 11 is 3.16. The van der Waals surface area contributed by atoms with E-state index < -0.39 is 0 Å². The summed E-state index contributed by atoms with van der Waals surface area (Å²) in [5.74, 6) is 0.536. The van der Waals surface area contributed by atoms with Crippen LogP contribution in [0.3, 0.4) is 0 Å². The van der Waals surface area contributed by atoms with Crippen LogP contribution in [0.4, 0.5) is 10.7 Å². The molecule has 0 bridgehead atoms. The van der Waals surface area contributed by atoms with E-state index in [1.54, 1.807) is 28.9 Å². The van der Waals surface area contributed by atoms with Gasteiger partial charge in [0.15, 0.2) is 0 Å². The fourth-order valence-corrected chi connectivity index (χ4v) is 3.68. The zero-order valence-electron chi connectivity index (χ0n) is 14.3. The summed E-state index contributed by atoms with van der Waals surface area (Å²) in [5.41, 5.74) is 1.48. The molecule has 0 spiro atoms. The maximum atomic E-state index is 11.7. The molecule has 0 atom stereocenters. The SMILES string of the molecule is CC(C)(C)NC(=O)NCCNc1nc(-c2nccs2)c2sccc2n1. The highest BCUT2D eigenvalue weighted by Gasteiger charge is 2.14. The number of nitrogens with one attached hydrogen (secondary N) is 3. The highest BCUT2D eigenvalue weighted by Crippen LogP contribution is 2.32. The number of rotatable bonds is 5. The summed E-state index contributed by atoms with van der Waals surface area (Å²) < 4.78 is 1.03. The number of hydrogen-bond donors (Lipinski definition) is 3.